The van der Waals surface area contributed by atoms with Gasteiger partial charge in [-0.3, -0.25) is 0 Å². The average molecular weight is 295 g/mol. The van der Waals surface area contributed by atoms with E-state index in [4.69, 9.17) is 0 Å². The minimum absolute atomic E-state index is 0.372. The fourth-order valence-corrected chi connectivity index (χ4v) is 4.13. The quantitative estimate of drug-likeness (QED) is 0.691. The van der Waals surface area contributed by atoms with E-state index in [0.29, 0.717) is 17.3 Å². The summed E-state index contributed by atoms with van der Waals surface area (Å²) in [7, 11) is 0. The number of halogens is 1. The Kier molecular flexibility index (Phi) is 3.68. The lowest BCUT2D eigenvalue weighted by molar-refractivity contribution is 0.186. The first-order valence-electron chi connectivity index (χ1n) is 6.77. The minimum atomic E-state index is 0.372. The van der Waals surface area contributed by atoms with Gasteiger partial charge in [0.2, 0.25) is 0 Å². The van der Waals surface area contributed by atoms with Crippen LogP contribution in [0.4, 0.5) is 0 Å². The molecule has 0 aliphatic heterocycles. The minimum Gasteiger partial charge on any atom is -0.0619 e. The SMILES string of the molecule is CC(C)C1(C(C)C)CCCc2ccc(Br)cc21. The molecule has 0 amide bonds. The van der Waals surface area contributed by atoms with Crippen LogP contribution in [-0.2, 0) is 11.8 Å². The van der Waals surface area contributed by atoms with Crippen molar-refractivity contribution in [1.29, 1.82) is 0 Å². The van der Waals surface area contributed by atoms with Crippen molar-refractivity contribution in [1.82, 2.24) is 0 Å². The lowest BCUT2D eigenvalue weighted by Crippen LogP contribution is -2.41. The number of hydrogen-bond acceptors (Lipinski definition) is 0. The lowest BCUT2D eigenvalue weighted by atomic mass is 9.58. The van der Waals surface area contributed by atoms with E-state index in [9.17, 15) is 0 Å². The monoisotopic (exact) mass is 294 g/mol. The van der Waals surface area contributed by atoms with Crippen LogP contribution in [0.1, 0.15) is 51.7 Å². The van der Waals surface area contributed by atoms with Gasteiger partial charge in [-0.25, -0.2) is 0 Å². The highest BCUT2D eigenvalue weighted by molar-refractivity contribution is 9.10. The molecule has 1 aliphatic carbocycles. The van der Waals surface area contributed by atoms with Crippen molar-refractivity contribution < 1.29 is 0 Å². The predicted molar refractivity (Wildman–Crippen MR) is 78.4 cm³/mol. The Hall–Kier alpha value is -0.300. The molecule has 0 atom stereocenters. The second kappa shape index (κ2) is 4.76. The van der Waals surface area contributed by atoms with Crippen molar-refractivity contribution >= 4 is 15.9 Å². The van der Waals surface area contributed by atoms with Gasteiger partial charge in [0.15, 0.2) is 0 Å². The summed E-state index contributed by atoms with van der Waals surface area (Å²) < 4.78 is 1.23. The Balaban J connectivity index is 2.61. The summed E-state index contributed by atoms with van der Waals surface area (Å²) in [6.07, 6.45) is 3.93. The standard InChI is InChI=1S/C16H23Br/c1-11(2)16(12(3)4)9-5-6-13-7-8-14(17)10-15(13)16/h7-8,10-12H,5-6,9H2,1-4H3. The molecule has 0 aromatic heterocycles. The summed E-state index contributed by atoms with van der Waals surface area (Å²) in [5.41, 5.74) is 3.54. The molecule has 1 heteroatoms. The zero-order valence-corrected chi connectivity index (χ0v) is 13.0. The van der Waals surface area contributed by atoms with E-state index in [2.05, 4.69) is 61.8 Å². The van der Waals surface area contributed by atoms with E-state index in [1.165, 1.54) is 23.7 Å². The molecule has 1 aromatic rings. The Morgan fingerprint density at radius 3 is 2.35 bits per heavy atom. The number of hydrogen-bond donors (Lipinski definition) is 0. The molecule has 0 saturated carbocycles. The van der Waals surface area contributed by atoms with E-state index in [-0.39, 0.29) is 0 Å². The molecule has 0 heterocycles. The fourth-order valence-electron chi connectivity index (χ4n) is 3.77. The van der Waals surface area contributed by atoms with E-state index in [1.807, 2.05) is 0 Å². The van der Waals surface area contributed by atoms with E-state index in [1.54, 1.807) is 11.1 Å². The van der Waals surface area contributed by atoms with Crippen LogP contribution in [0.15, 0.2) is 22.7 Å². The van der Waals surface area contributed by atoms with Crippen LogP contribution < -0.4 is 0 Å². The highest BCUT2D eigenvalue weighted by atomic mass is 79.9. The molecule has 1 aromatic carbocycles. The van der Waals surface area contributed by atoms with Crippen molar-refractivity contribution in [2.45, 2.75) is 52.4 Å². The third-order valence-electron chi connectivity index (χ3n) is 4.67. The van der Waals surface area contributed by atoms with Gasteiger partial charge in [0.25, 0.3) is 0 Å². The summed E-state index contributed by atoms with van der Waals surface area (Å²) in [5.74, 6) is 1.41. The molecular weight excluding hydrogens is 272 g/mol. The van der Waals surface area contributed by atoms with Crippen LogP contribution in [0, 0.1) is 11.8 Å². The zero-order chi connectivity index (χ0) is 12.6. The van der Waals surface area contributed by atoms with Crippen molar-refractivity contribution in [2.75, 3.05) is 0 Å². The molecule has 94 valence electrons. The smallest absolute Gasteiger partial charge is 0.0178 e. The zero-order valence-electron chi connectivity index (χ0n) is 11.4. The Labute approximate surface area is 114 Å². The second-order valence-corrected chi connectivity index (χ2v) is 6.92. The van der Waals surface area contributed by atoms with Gasteiger partial charge in [0.05, 0.1) is 0 Å². The summed E-state index contributed by atoms with van der Waals surface area (Å²) >= 11 is 3.64. The fraction of sp³-hybridized carbons (Fsp3) is 0.625. The summed E-state index contributed by atoms with van der Waals surface area (Å²) in [6, 6.07) is 6.88. The third-order valence-corrected chi connectivity index (χ3v) is 5.16. The molecule has 0 N–H and O–H groups in total. The van der Waals surface area contributed by atoms with Gasteiger partial charge in [0.1, 0.15) is 0 Å². The molecule has 0 bridgehead atoms. The van der Waals surface area contributed by atoms with Gasteiger partial charge in [-0.2, -0.15) is 0 Å². The molecule has 17 heavy (non-hydrogen) atoms. The van der Waals surface area contributed by atoms with Crippen LogP contribution >= 0.6 is 15.9 Å². The highest BCUT2D eigenvalue weighted by Gasteiger charge is 2.41. The van der Waals surface area contributed by atoms with Crippen molar-refractivity contribution in [3.8, 4) is 0 Å². The molecule has 2 rings (SSSR count). The summed E-state index contributed by atoms with van der Waals surface area (Å²) in [4.78, 5) is 0. The number of benzene rings is 1. The van der Waals surface area contributed by atoms with Crippen molar-refractivity contribution in [3.05, 3.63) is 33.8 Å². The maximum atomic E-state index is 3.64. The Bertz CT molecular complexity index is 396. The van der Waals surface area contributed by atoms with Crippen molar-refractivity contribution in [3.63, 3.8) is 0 Å². The second-order valence-electron chi connectivity index (χ2n) is 6.00. The molecule has 1 aliphatic rings. The topological polar surface area (TPSA) is 0 Å². The molecule has 0 fully saturated rings. The number of fused-ring (bicyclic) bond motifs is 1. The molecule has 0 unspecified atom stereocenters. The Morgan fingerprint density at radius 1 is 1.12 bits per heavy atom. The van der Waals surface area contributed by atoms with Gasteiger partial charge in [-0.15, -0.1) is 0 Å². The first kappa shape index (κ1) is 13.1. The maximum Gasteiger partial charge on any atom is 0.0178 e. The summed E-state index contributed by atoms with van der Waals surface area (Å²) in [5, 5.41) is 0. The van der Waals surface area contributed by atoms with Crippen LogP contribution in [0.2, 0.25) is 0 Å². The summed E-state index contributed by atoms with van der Waals surface area (Å²) in [6.45, 7) is 9.54. The molecule has 0 spiro atoms. The van der Waals surface area contributed by atoms with E-state index >= 15 is 0 Å². The van der Waals surface area contributed by atoms with Crippen LogP contribution in [0.25, 0.3) is 0 Å². The largest absolute Gasteiger partial charge is 0.0619 e. The Morgan fingerprint density at radius 2 is 1.76 bits per heavy atom. The number of rotatable bonds is 2. The van der Waals surface area contributed by atoms with Gasteiger partial charge in [-0.1, -0.05) is 49.7 Å². The van der Waals surface area contributed by atoms with Crippen LogP contribution in [-0.4, -0.2) is 0 Å². The number of aryl methyl sites for hydroxylation is 1. The molecule has 0 radical (unpaired) electrons. The molecule has 0 saturated heterocycles. The lowest BCUT2D eigenvalue weighted by Gasteiger charge is -2.46. The van der Waals surface area contributed by atoms with Crippen LogP contribution in [0.5, 0.6) is 0 Å². The first-order valence-corrected chi connectivity index (χ1v) is 7.56. The van der Waals surface area contributed by atoms with Gasteiger partial charge >= 0.3 is 0 Å². The van der Waals surface area contributed by atoms with Crippen LogP contribution in [0.3, 0.4) is 0 Å². The first-order chi connectivity index (χ1) is 7.98. The molecular formula is C16H23Br. The van der Waals surface area contributed by atoms with E-state index in [0.717, 1.165) is 0 Å². The third kappa shape index (κ3) is 2.07. The van der Waals surface area contributed by atoms with Gasteiger partial charge < -0.3 is 0 Å². The van der Waals surface area contributed by atoms with Gasteiger partial charge in [-0.05, 0) is 54.4 Å². The van der Waals surface area contributed by atoms with Crippen molar-refractivity contribution in [2.24, 2.45) is 11.8 Å². The average Bonchev–Trinajstić information content (AvgIpc) is 2.27. The van der Waals surface area contributed by atoms with E-state index < -0.39 is 0 Å². The maximum absolute atomic E-state index is 3.64. The predicted octanol–water partition coefficient (Wildman–Crippen LogP) is 5.34. The normalized spacial score (nSPS) is 18.5. The van der Waals surface area contributed by atoms with Gasteiger partial charge in [0, 0.05) is 9.89 Å². The highest BCUT2D eigenvalue weighted by Crippen LogP contribution is 2.48. The molecule has 0 nitrogen and oxygen atoms in total.